The molecule has 1 N–H and O–H groups in total. The second-order valence-electron chi connectivity index (χ2n) is 8.13. The molecule has 8 heteroatoms. The number of guanidine groups is 1. The Hall–Kier alpha value is -1.65. The predicted molar refractivity (Wildman–Crippen MR) is 136 cm³/mol. The average Bonchev–Trinajstić information content (AvgIpc) is 3.42. The molecule has 7 nitrogen and oxygen atoms in total. The van der Waals surface area contributed by atoms with Gasteiger partial charge in [-0.05, 0) is 43.9 Å². The van der Waals surface area contributed by atoms with Crippen LogP contribution in [0.1, 0.15) is 24.1 Å². The van der Waals surface area contributed by atoms with Gasteiger partial charge in [-0.15, -0.1) is 24.0 Å². The monoisotopic (exact) mass is 538 g/mol. The lowest BCUT2D eigenvalue weighted by Gasteiger charge is -2.32. The zero-order valence-corrected chi connectivity index (χ0v) is 21.0. The zero-order chi connectivity index (χ0) is 20.8. The van der Waals surface area contributed by atoms with Crippen molar-refractivity contribution in [2.45, 2.75) is 32.2 Å². The minimum absolute atomic E-state index is 0. The smallest absolute Gasteiger partial charge is 0.193 e. The van der Waals surface area contributed by atoms with Gasteiger partial charge >= 0.3 is 0 Å². The standard InChI is InChI=1S/C23H34N6O.HI/c1-19-20(17-29(26-19)21-8-4-3-5-9-21)7-6-11-25-23(24-2)28-12-10-22(18-28)27-13-15-30-16-14-27;/h3-5,8-9,17,22H,6-7,10-16,18H2,1-2H3,(H,24,25);1H. The summed E-state index contributed by atoms with van der Waals surface area (Å²) in [6.45, 7) is 8.99. The van der Waals surface area contributed by atoms with Crippen LogP contribution in [0.2, 0.25) is 0 Å². The van der Waals surface area contributed by atoms with Gasteiger partial charge in [-0.3, -0.25) is 9.89 Å². The number of hydrogen-bond acceptors (Lipinski definition) is 4. The van der Waals surface area contributed by atoms with Gasteiger partial charge in [0.25, 0.3) is 0 Å². The summed E-state index contributed by atoms with van der Waals surface area (Å²) in [5.74, 6) is 1.03. The van der Waals surface area contributed by atoms with E-state index in [-0.39, 0.29) is 24.0 Å². The fraction of sp³-hybridized carbons (Fsp3) is 0.565. The number of rotatable bonds is 6. The van der Waals surface area contributed by atoms with Crippen LogP contribution in [0.4, 0.5) is 0 Å². The van der Waals surface area contributed by atoms with Gasteiger partial charge in [0.2, 0.25) is 0 Å². The van der Waals surface area contributed by atoms with Crippen molar-refractivity contribution in [3.05, 3.63) is 47.8 Å². The molecule has 2 saturated heterocycles. The lowest BCUT2D eigenvalue weighted by molar-refractivity contribution is 0.0195. The molecule has 0 radical (unpaired) electrons. The van der Waals surface area contributed by atoms with Crippen molar-refractivity contribution in [1.82, 2.24) is 24.9 Å². The fourth-order valence-corrected chi connectivity index (χ4v) is 4.44. The van der Waals surface area contributed by atoms with E-state index in [9.17, 15) is 0 Å². The van der Waals surface area contributed by atoms with E-state index >= 15 is 0 Å². The highest BCUT2D eigenvalue weighted by atomic mass is 127. The van der Waals surface area contributed by atoms with Gasteiger partial charge < -0.3 is 15.0 Å². The van der Waals surface area contributed by atoms with Crippen LogP contribution in [-0.4, -0.2) is 84.6 Å². The summed E-state index contributed by atoms with van der Waals surface area (Å²) >= 11 is 0. The molecule has 0 spiro atoms. The van der Waals surface area contributed by atoms with Gasteiger partial charge in [-0.2, -0.15) is 5.10 Å². The van der Waals surface area contributed by atoms with E-state index in [1.54, 1.807) is 0 Å². The normalized spacial score (nSPS) is 20.0. The maximum atomic E-state index is 5.49. The Morgan fingerprint density at radius 3 is 2.71 bits per heavy atom. The molecule has 2 aliphatic rings. The first-order valence-corrected chi connectivity index (χ1v) is 11.1. The van der Waals surface area contributed by atoms with Crippen LogP contribution >= 0.6 is 24.0 Å². The van der Waals surface area contributed by atoms with Crippen LogP contribution in [0.5, 0.6) is 0 Å². The van der Waals surface area contributed by atoms with Crippen molar-refractivity contribution in [3.8, 4) is 5.69 Å². The Bertz CT molecular complexity index is 834. The topological polar surface area (TPSA) is 57.9 Å². The van der Waals surface area contributed by atoms with Crippen LogP contribution in [0.3, 0.4) is 0 Å². The highest BCUT2D eigenvalue weighted by Crippen LogP contribution is 2.17. The molecule has 0 bridgehead atoms. The van der Waals surface area contributed by atoms with E-state index < -0.39 is 0 Å². The van der Waals surface area contributed by atoms with Gasteiger partial charge in [0, 0.05) is 52.0 Å². The third-order valence-corrected chi connectivity index (χ3v) is 6.16. The Labute approximate surface area is 202 Å². The summed E-state index contributed by atoms with van der Waals surface area (Å²) in [5.41, 5.74) is 3.52. The number of likely N-dealkylation sites (tertiary alicyclic amines) is 1. The van der Waals surface area contributed by atoms with E-state index in [4.69, 9.17) is 4.74 Å². The Balaban J connectivity index is 0.00000272. The Morgan fingerprint density at radius 2 is 1.97 bits per heavy atom. The highest BCUT2D eigenvalue weighted by Gasteiger charge is 2.30. The third kappa shape index (κ3) is 6.20. The first-order valence-electron chi connectivity index (χ1n) is 11.1. The lowest BCUT2D eigenvalue weighted by Crippen LogP contribution is -2.46. The molecule has 4 rings (SSSR count). The largest absolute Gasteiger partial charge is 0.379 e. The number of nitrogens with zero attached hydrogens (tertiary/aromatic N) is 5. The summed E-state index contributed by atoms with van der Waals surface area (Å²) in [6, 6.07) is 10.9. The molecule has 1 unspecified atom stereocenters. The predicted octanol–water partition coefficient (Wildman–Crippen LogP) is 2.71. The lowest BCUT2D eigenvalue weighted by atomic mass is 10.1. The molecule has 2 aliphatic heterocycles. The number of hydrogen-bond donors (Lipinski definition) is 1. The van der Waals surface area contributed by atoms with Gasteiger partial charge in [0.05, 0.1) is 24.6 Å². The van der Waals surface area contributed by atoms with Crippen LogP contribution in [0.15, 0.2) is 41.5 Å². The Morgan fingerprint density at radius 1 is 1.19 bits per heavy atom. The quantitative estimate of drug-likeness (QED) is 0.266. The summed E-state index contributed by atoms with van der Waals surface area (Å²) in [6.07, 6.45) is 5.44. The average molecular weight is 538 g/mol. The second kappa shape index (κ2) is 11.8. The molecule has 0 amide bonds. The van der Waals surface area contributed by atoms with Crippen molar-refractivity contribution in [2.75, 3.05) is 53.0 Å². The summed E-state index contributed by atoms with van der Waals surface area (Å²) in [4.78, 5) is 9.50. The second-order valence-corrected chi connectivity index (χ2v) is 8.13. The number of para-hydroxylation sites is 1. The van der Waals surface area contributed by atoms with E-state index in [0.29, 0.717) is 6.04 Å². The highest BCUT2D eigenvalue weighted by molar-refractivity contribution is 14.0. The van der Waals surface area contributed by atoms with E-state index in [0.717, 1.165) is 76.1 Å². The molecule has 31 heavy (non-hydrogen) atoms. The molecule has 2 fully saturated rings. The number of aryl methyl sites for hydroxylation is 2. The first-order chi connectivity index (χ1) is 14.7. The molecule has 1 atom stereocenters. The number of benzene rings is 1. The van der Waals surface area contributed by atoms with Gasteiger partial charge in [0.15, 0.2) is 5.96 Å². The van der Waals surface area contributed by atoms with Crippen molar-refractivity contribution in [3.63, 3.8) is 0 Å². The van der Waals surface area contributed by atoms with Crippen molar-refractivity contribution < 1.29 is 4.74 Å². The van der Waals surface area contributed by atoms with Crippen LogP contribution in [0, 0.1) is 6.92 Å². The van der Waals surface area contributed by atoms with Crippen molar-refractivity contribution in [2.24, 2.45) is 4.99 Å². The first kappa shape index (κ1) is 24.0. The molecule has 170 valence electrons. The molecule has 1 aromatic heterocycles. The SMILES string of the molecule is CN=C(NCCCc1cn(-c2ccccc2)nc1C)N1CCC(N2CCOCC2)C1.I. The van der Waals surface area contributed by atoms with E-state index in [2.05, 4.69) is 50.5 Å². The molecular formula is C23H35IN6O. The molecule has 1 aromatic carbocycles. The minimum atomic E-state index is 0. The van der Waals surface area contributed by atoms with Crippen LogP contribution in [-0.2, 0) is 11.2 Å². The zero-order valence-electron chi connectivity index (χ0n) is 18.7. The van der Waals surface area contributed by atoms with Gasteiger partial charge in [-0.1, -0.05) is 18.2 Å². The maximum absolute atomic E-state index is 5.49. The number of nitrogens with one attached hydrogen (secondary N) is 1. The summed E-state index contributed by atoms with van der Waals surface area (Å²) in [5, 5.41) is 8.25. The van der Waals surface area contributed by atoms with E-state index in [1.165, 1.54) is 12.0 Å². The molecule has 3 heterocycles. The molecule has 0 saturated carbocycles. The number of aliphatic imine (C=N–C) groups is 1. The van der Waals surface area contributed by atoms with Crippen LogP contribution < -0.4 is 5.32 Å². The van der Waals surface area contributed by atoms with Crippen molar-refractivity contribution >= 4 is 29.9 Å². The molecule has 0 aliphatic carbocycles. The van der Waals surface area contributed by atoms with Crippen molar-refractivity contribution in [1.29, 1.82) is 0 Å². The Kier molecular flexibility index (Phi) is 9.15. The molecular weight excluding hydrogens is 503 g/mol. The minimum Gasteiger partial charge on any atom is -0.379 e. The summed E-state index contributed by atoms with van der Waals surface area (Å²) in [7, 11) is 1.89. The van der Waals surface area contributed by atoms with Gasteiger partial charge in [-0.25, -0.2) is 4.68 Å². The van der Waals surface area contributed by atoms with Gasteiger partial charge in [0.1, 0.15) is 0 Å². The van der Waals surface area contributed by atoms with E-state index in [1.807, 2.05) is 29.9 Å². The number of halogens is 1. The third-order valence-electron chi connectivity index (χ3n) is 6.16. The fourth-order valence-electron chi connectivity index (χ4n) is 4.44. The molecule has 2 aromatic rings. The van der Waals surface area contributed by atoms with Crippen LogP contribution in [0.25, 0.3) is 5.69 Å². The number of morpholine rings is 1. The number of ether oxygens (including phenoxy) is 1. The number of aromatic nitrogens is 2. The summed E-state index contributed by atoms with van der Waals surface area (Å²) < 4.78 is 7.47. The maximum Gasteiger partial charge on any atom is 0.193 e.